The van der Waals surface area contributed by atoms with Crippen LogP contribution >= 0.6 is 11.3 Å². The highest BCUT2D eigenvalue weighted by Crippen LogP contribution is 2.33. The summed E-state index contributed by atoms with van der Waals surface area (Å²) >= 11 is 1.68. The van der Waals surface area contributed by atoms with Crippen molar-refractivity contribution in [3.8, 4) is 10.6 Å². The van der Waals surface area contributed by atoms with E-state index in [1.54, 1.807) is 30.5 Å². The standard InChI is InChI=1S/C25H26FN5O2S/c1-16-3-5-18(14-31(16)33)12-28-25(32)19-11-21(29-9-7-20(26)8-10-29)24-27-13-22(30(24)15-19)23-6-4-17(2)34-23/h3-6,11,13-15,20H,7-10,12H2,1-2H3,(H-,28,32,33)/p+1. The maximum atomic E-state index is 13.8. The van der Waals surface area contributed by atoms with Crippen molar-refractivity contribution in [2.75, 3.05) is 18.0 Å². The number of amides is 1. The van der Waals surface area contributed by atoms with Crippen molar-refractivity contribution in [2.45, 2.75) is 39.4 Å². The quantitative estimate of drug-likeness (QED) is 0.334. The molecule has 0 atom stereocenters. The zero-order chi connectivity index (χ0) is 23.8. The average molecular weight is 481 g/mol. The van der Waals surface area contributed by atoms with Crippen molar-refractivity contribution in [3.63, 3.8) is 0 Å². The van der Waals surface area contributed by atoms with Gasteiger partial charge in [-0.05, 0) is 44.0 Å². The largest absolute Gasteiger partial charge is 0.368 e. The van der Waals surface area contributed by atoms with Gasteiger partial charge in [0, 0.05) is 54.0 Å². The molecule has 4 aromatic heterocycles. The molecule has 1 aliphatic heterocycles. The number of halogens is 1. The monoisotopic (exact) mass is 480 g/mol. The lowest BCUT2D eigenvalue weighted by Crippen LogP contribution is -2.35. The number of nitrogens with one attached hydrogen (secondary N) is 1. The molecule has 1 saturated heterocycles. The fourth-order valence-corrected chi connectivity index (χ4v) is 5.14. The molecule has 0 bridgehead atoms. The molecule has 34 heavy (non-hydrogen) atoms. The third-order valence-corrected chi connectivity index (χ3v) is 7.27. The number of hydrogen-bond donors (Lipinski definition) is 2. The van der Waals surface area contributed by atoms with Gasteiger partial charge in [0.15, 0.2) is 5.65 Å². The first-order chi connectivity index (χ1) is 16.4. The van der Waals surface area contributed by atoms with Gasteiger partial charge in [-0.3, -0.25) is 14.4 Å². The van der Waals surface area contributed by atoms with Crippen molar-refractivity contribution in [1.29, 1.82) is 0 Å². The number of nitrogens with zero attached hydrogens (tertiary/aromatic N) is 4. The average Bonchev–Trinajstić information content (AvgIpc) is 3.45. The minimum Gasteiger partial charge on any atom is -0.368 e. The number of imidazole rings is 1. The van der Waals surface area contributed by atoms with Gasteiger partial charge >= 0.3 is 0 Å². The minimum absolute atomic E-state index is 0.226. The molecule has 1 amide bonds. The van der Waals surface area contributed by atoms with Gasteiger partial charge in [-0.25, -0.2) is 9.37 Å². The fourth-order valence-electron chi connectivity index (χ4n) is 4.26. The summed E-state index contributed by atoms with van der Waals surface area (Å²) in [6.07, 6.45) is 5.38. The number of anilines is 1. The van der Waals surface area contributed by atoms with E-state index in [0.29, 0.717) is 37.2 Å². The maximum Gasteiger partial charge on any atom is 0.253 e. The van der Waals surface area contributed by atoms with Gasteiger partial charge in [0.2, 0.25) is 11.9 Å². The lowest BCUT2D eigenvalue weighted by atomic mass is 10.1. The number of aromatic nitrogens is 3. The molecule has 5 heterocycles. The van der Waals surface area contributed by atoms with E-state index < -0.39 is 6.17 Å². The van der Waals surface area contributed by atoms with Crippen LogP contribution in [0.3, 0.4) is 0 Å². The molecule has 2 N–H and O–H groups in total. The summed E-state index contributed by atoms with van der Waals surface area (Å²) in [5.41, 5.74) is 4.51. The third-order valence-electron chi connectivity index (χ3n) is 6.25. The second kappa shape index (κ2) is 9.06. The van der Waals surface area contributed by atoms with Crippen LogP contribution in [0.5, 0.6) is 0 Å². The van der Waals surface area contributed by atoms with E-state index >= 15 is 0 Å². The summed E-state index contributed by atoms with van der Waals surface area (Å²) in [6.45, 7) is 5.30. The lowest BCUT2D eigenvalue weighted by Gasteiger charge is -2.31. The van der Waals surface area contributed by atoms with Gasteiger partial charge in [0.05, 0.1) is 28.0 Å². The van der Waals surface area contributed by atoms with E-state index in [2.05, 4.69) is 34.3 Å². The van der Waals surface area contributed by atoms with Crippen LogP contribution in [0.15, 0.2) is 48.9 Å². The lowest BCUT2D eigenvalue weighted by molar-refractivity contribution is -0.909. The third kappa shape index (κ3) is 4.35. The molecule has 0 radical (unpaired) electrons. The van der Waals surface area contributed by atoms with Crippen LogP contribution < -0.4 is 14.9 Å². The first-order valence-electron chi connectivity index (χ1n) is 11.3. The predicted octanol–water partition coefficient (Wildman–Crippen LogP) is 4.07. The van der Waals surface area contributed by atoms with Gasteiger partial charge < -0.3 is 10.2 Å². The van der Waals surface area contributed by atoms with Crippen LogP contribution in [0.2, 0.25) is 0 Å². The number of fused-ring (bicyclic) bond motifs is 1. The SMILES string of the molecule is Cc1ccc(-c2cnc3c(N4CCC(F)CC4)cc(C(=O)NCc4ccc(C)[n+](O)c4)cn23)s1. The number of carbonyl (C=O) groups is 1. The molecule has 1 aliphatic rings. The molecule has 4 aromatic rings. The van der Waals surface area contributed by atoms with Crippen LogP contribution in [-0.2, 0) is 6.54 Å². The van der Waals surface area contributed by atoms with Gasteiger partial charge in [0.25, 0.3) is 5.91 Å². The van der Waals surface area contributed by atoms with Crippen LogP contribution in [0, 0.1) is 13.8 Å². The minimum atomic E-state index is -0.785. The van der Waals surface area contributed by atoms with Crippen molar-refractivity contribution in [3.05, 3.63) is 70.6 Å². The summed E-state index contributed by atoms with van der Waals surface area (Å²) in [6, 6.07) is 9.64. The number of thiophene rings is 1. The number of pyridine rings is 2. The number of piperidine rings is 1. The molecule has 0 spiro atoms. The first kappa shape index (κ1) is 22.3. The summed E-state index contributed by atoms with van der Waals surface area (Å²) in [5.74, 6) is -0.226. The highest BCUT2D eigenvalue weighted by atomic mass is 32.1. The topological polar surface area (TPSA) is 73.8 Å². The molecule has 0 saturated carbocycles. The Hall–Kier alpha value is -3.46. The Bertz CT molecular complexity index is 1360. The van der Waals surface area contributed by atoms with Gasteiger partial charge in [-0.15, -0.1) is 11.3 Å². The molecule has 1 fully saturated rings. The van der Waals surface area contributed by atoms with Crippen molar-refractivity contribution in [1.82, 2.24) is 14.7 Å². The van der Waals surface area contributed by atoms with Crippen molar-refractivity contribution < 1.29 is 19.1 Å². The van der Waals surface area contributed by atoms with Crippen molar-refractivity contribution >= 4 is 28.6 Å². The van der Waals surface area contributed by atoms with Crippen LogP contribution in [0.25, 0.3) is 16.2 Å². The number of hydrogen-bond acceptors (Lipinski definition) is 5. The maximum absolute atomic E-state index is 13.8. The normalized spacial score (nSPS) is 14.6. The Morgan fingerprint density at radius 3 is 2.76 bits per heavy atom. The second-order valence-corrected chi connectivity index (χ2v) is 10.0. The zero-order valence-electron chi connectivity index (χ0n) is 19.2. The Labute approximate surface area is 201 Å². The summed E-state index contributed by atoms with van der Waals surface area (Å²) in [4.78, 5) is 22.3. The highest BCUT2D eigenvalue weighted by molar-refractivity contribution is 7.15. The number of rotatable bonds is 5. The molecule has 7 nitrogen and oxygen atoms in total. The Morgan fingerprint density at radius 1 is 1.26 bits per heavy atom. The smallest absolute Gasteiger partial charge is 0.253 e. The van der Waals surface area contributed by atoms with Crippen LogP contribution in [0.4, 0.5) is 10.1 Å². The van der Waals surface area contributed by atoms with Gasteiger partial charge in [-0.1, -0.05) is 0 Å². The first-order valence-corrected chi connectivity index (χ1v) is 12.2. The van der Waals surface area contributed by atoms with E-state index in [1.165, 1.54) is 4.88 Å². The van der Waals surface area contributed by atoms with E-state index in [9.17, 15) is 14.4 Å². The van der Waals surface area contributed by atoms with Gasteiger partial charge in [0.1, 0.15) is 6.17 Å². The number of aryl methyl sites for hydroxylation is 2. The van der Waals surface area contributed by atoms with E-state index in [0.717, 1.165) is 32.2 Å². The number of alkyl halides is 1. The van der Waals surface area contributed by atoms with E-state index in [-0.39, 0.29) is 12.5 Å². The number of carbonyl (C=O) groups excluding carboxylic acids is 1. The molecule has 0 unspecified atom stereocenters. The molecule has 0 aromatic carbocycles. The highest BCUT2D eigenvalue weighted by Gasteiger charge is 2.24. The van der Waals surface area contributed by atoms with Crippen LogP contribution in [-0.4, -0.2) is 39.8 Å². The van der Waals surface area contributed by atoms with Crippen LogP contribution in [0.1, 0.15) is 39.3 Å². The van der Waals surface area contributed by atoms with Gasteiger partial charge in [-0.2, -0.15) is 0 Å². The molecule has 176 valence electrons. The van der Waals surface area contributed by atoms with E-state index in [4.69, 9.17) is 0 Å². The summed E-state index contributed by atoms with van der Waals surface area (Å²) < 4.78 is 16.8. The van der Waals surface area contributed by atoms with E-state index in [1.807, 2.05) is 28.9 Å². The zero-order valence-corrected chi connectivity index (χ0v) is 20.0. The molecule has 0 aliphatic carbocycles. The molecule has 9 heteroatoms. The molecule has 5 rings (SSSR count). The molecular formula is C25H27FN5O2S+. The van der Waals surface area contributed by atoms with Crippen molar-refractivity contribution in [2.24, 2.45) is 0 Å². The predicted molar refractivity (Wildman–Crippen MR) is 129 cm³/mol. The second-order valence-electron chi connectivity index (χ2n) is 8.73. The molecular weight excluding hydrogens is 453 g/mol. The Balaban J connectivity index is 1.51. The summed E-state index contributed by atoms with van der Waals surface area (Å²) in [5, 5.41) is 12.8. The fraction of sp³-hybridized carbons (Fsp3) is 0.320. The summed E-state index contributed by atoms with van der Waals surface area (Å²) in [7, 11) is 0. The Kier molecular flexibility index (Phi) is 5.95. The Morgan fingerprint density at radius 2 is 2.06 bits per heavy atom.